The van der Waals surface area contributed by atoms with Gasteiger partial charge < -0.3 is 9.84 Å². The number of para-hydroxylation sites is 1. The van der Waals surface area contributed by atoms with Gasteiger partial charge in [-0.1, -0.05) is 17.7 Å². The summed E-state index contributed by atoms with van der Waals surface area (Å²) in [5.74, 6) is 0.243. The van der Waals surface area contributed by atoms with E-state index in [0.717, 1.165) is 0 Å². The molecule has 0 saturated carbocycles. The van der Waals surface area contributed by atoms with E-state index in [4.69, 9.17) is 16.3 Å². The summed E-state index contributed by atoms with van der Waals surface area (Å²) in [6.45, 7) is 1.67. The highest BCUT2D eigenvalue weighted by molar-refractivity contribution is 6.32. The lowest BCUT2D eigenvalue weighted by molar-refractivity contribution is 0.0955. The van der Waals surface area contributed by atoms with Crippen LogP contribution in [0.2, 0.25) is 5.02 Å². The molecule has 0 aromatic heterocycles. The van der Waals surface area contributed by atoms with Gasteiger partial charge in [0, 0.05) is 11.1 Å². The summed E-state index contributed by atoms with van der Waals surface area (Å²) in [6, 6.07) is 11.6. The fraction of sp³-hybridized carbons (Fsp3) is 0.125. The average molecular weight is 319 g/mol. The number of carbonyl (C=O) groups excluding carboxylic acids is 1. The number of methoxy groups -OCH3 is 1. The molecule has 5 nitrogen and oxygen atoms in total. The van der Waals surface area contributed by atoms with Gasteiger partial charge in [-0.3, -0.25) is 4.79 Å². The highest BCUT2D eigenvalue weighted by Gasteiger charge is 2.09. The predicted molar refractivity (Wildman–Crippen MR) is 85.8 cm³/mol. The first-order valence-electron chi connectivity index (χ1n) is 6.49. The highest BCUT2D eigenvalue weighted by Crippen LogP contribution is 2.27. The molecule has 0 heterocycles. The molecular formula is C16H15ClN2O3. The van der Waals surface area contributed by atoms with Crippen molar-refractivity contribution in [3.05, 3.63) is 58.6 Å². The minimum Gasteiger partial charge on any atom is -0.506 e. The van der Waals surface area contributed by atoms with Crippen LogP contribution in [0.5, 0.6) is 11.5 Å². The maximum atomic E-state index is 12.0. The summed E-state index contributed by atoms with van der Waals surface area (Å²) in [7, 11) is 1.56. The SMILES string of the molecule is COc1ccc(C(=O)NN=C(C)c2cccc(Cl)c2O)cc1. The van der Waals surface area contributed by atoms with E-state index in [0.29, 0.717) is 22.6 Å². The smallest absolute Gasteiger partial charge is 0.271 e. The van der Waals surface area contributed by atoms with Crippen molar-refractivity contribution < 1.29 is 14.6 Å². The number of hydrazone groups is 1. The average Bonchev–Trinajstić information content (AvgIpc) is 2.55. The summed E-state index contributed by atoms with van der Waals surface area (Å²) in [5.41, 5.74) is 3.79. The third-order valence-electron chi connectivity index (χ3n) is 3.05. The Morgan fingerprint density at radius 3 is 2.55 bits per heavy atom. The molecular weight excluding hydrogens is 304 g/mol. The summed E-state index contributed by atoms with van der Waals surface area (Å²) in [6.07, 6.45) is 0. The van der Waals surface area contributed by atoms with Crippen LogP contribution < -0.4 is 10.2 Å². The first-order valence-corrected chi connectivity index (χ1v) is 6.87. The number of nitrogens with one attached hydrogen (secondary N) is 1. The number of rotatable bonds is 4. The molecule has 0 unspecified atom stereocenters. The van der Waals surface area contributed by atoms with Crippen LogP contribution in [0.15, 0.2) is 47.6 Å². The van der Waals surface area contributed by atoms with Gasteiger partial charge in [-0.25, -0.2) is 5.43 Å². The molecule has 0 aliphatic heterocycles. The Morgan fingerprint density at radius 1 is 1.23 bits per heavy atom. The molecule has 6 heteroatoms. The second-order valence-electron chi connectivity index (χ2n) is 4.50. The Labute approximate surface area is 133 Å². The van der Waals surface area contributed by atoms with Crippen LogP contribution in [-0.2, 0) is 0 Å². The molecule has 2 rings (SSSR count). The lowest BCUT2D eigenvalue weighted by Gasteiger charge is -2.06. The van der Waals surface area contributed by atoms with Crippen LogP contribution in [0.25, 0.3) is 0 Å². The number of phenolic OH excluding ortho intramolecular Hbond substituents is 1. The van der Waals surface area contributed by atoms with Gasteiger partial charge in [-0.2, -0.15) is 5.10 Å². The van der Waals surface area contributed by atoms with Crippen molar-refractivity contribution >= 4 is 23.2 Å². The highest BCUT2D eigenvalue weighted by atomic mass is 35.5. The van der Waals surface area contributed by atoms with Gasteiger partial charge in [0.15, 0.2) is 0 Å². The van der Waals surface area contributed by atoms with Crippen molar-refractivity contribution in [1.82, 2.24) is 5.43 Å². The molecule has 0 fully saturated rings. The van der Waals surface area contributed by atoms with E-state index in [1.165, 1.54) is 0 Å². The van der Waals surface area contributed by atoms with Crippen LogP contribution >= 0.6 is 11.6 Å². The van der Waals surface area contributed by atoms with Crippen molar-refractivity contribution in [3.63, 3.8) is 0 Å². The number of carbonyl (C=O) groups is 1. The number of aromatic hydroxyl groups is 1. The zero-order valence-corrected chi connectivity index (χ0v) is 12.9. The molecule has 0 bridgehead atoms. The molecule has 1 amide bonds. The molecule has 2 aromatic rings. The Morgan fingerprint density at radius 2 is 1.91 bits per heavy atom. The summed E-state index contributed by atoms with van der Waals surface area (Å²) >= 11 is 5.84. The van der Waals surface area contributed by atoms with Crippen LogP contribution in [0.1, 0.15) is 22.8 Å². The summed E-state index contributed by atoms with van der Waals surface area (Å²) in [4.78, 5) is 12.0. The Hall–Kier alpha value is -2.53. The summed E-state index contributed by atoms with van der Waals surface area (Å²) < 4.78 is 5.03. The van der Waals surface area contributed by atoms with E-state index in [9.17, 15) is 9.90 Å². The lowest BCUT2D eigenvalue weighted by atomic mass is 10.1. The van der Waals surface area contributed by atoms with Gasteiger partial charge in [0.05, 0.1) is 17.8 Å². The molecule has 114 valence electrons. The van der Waals surface area contributed by atoms with Crippen molar-refractivity contribution in [2.75, 3.05) is 7.11 Å². The van der Waals surface area contributed by atoms with Crippen LogP contribution in [0, 0.1) is 0 Å². The van der Waals surface area contributed by atoms with Gasteiger partial charge in [0.25, 0.3) is 5.91 Å². The number of hydrogen-bond donors (Lipinski definition) is 2. The van der Waals surface area contributed by atoms with Gasteiger partial charge in [0.2, 0.25) is 0 Å². The topological polar surface area (TPSA) is 70.9 Å². The molecule has 2 N–H and O–H groups in total. The zero-order chi connectivity index (χ0) is 16.1. The van der Waals surface area contributed by atoms with Crippen LogP contribution in [0.3, 0.4) is 0 Å². The van der Waals surface area contributed by atoms with Gasteiger partial charge >= 0.3 is 0 Å². The van der Waals surface area contributed by atoms with Crippen molar-refractivity contribution in [2.24, 2.45) is 5.10 Å². The van der Waals surface area contributed by atoms with E-state index in [-0.39, 0.29) is 16.7 Å². The number of phenols is 1. The largest absolute Gasteiger partial charge is 0.506 e. The van der Waals surface area contributed by atoms with E-state index >= 15 is 0 Å². The number of benzene rings is 2. The fourth-order valence-corrected chi connectivity index (χ4v) is 1.98. The minimum absolute atomic E-state index is 0.0656. The first kappa shape index (κ1) is 15.9. The second-order valence-corrected chi connectivity index (χ2v) is 4.91. The Bertz CT molecular complexity index is 712. The molecule has 0 radical (unpaired) electrons. The standard InChI is InChI=1S/C16H15ClN2O3/c1-10(13-4-3-5-14(17)15(13)20)18-19-16(21)11-6-8-12(22-2)9-7-11/h3-9,20H,1-2H3,(H,19,21). The number of ether oxygens (including phenoxy) is 1. The van der Waals surface area contributed by atoms with Crippen molar-refractivity contribution in [1.29, 1.82) is 0 Å². The first-order chi connectivity index (χ1) is 10.5. The van der Waals surface area contributed by atoms with E-state index in [1.807, 2.05) is 0 Å². The minimum atomic E-state index is -0.358. The third kappa shape index (κ3) is 3.56. The monoisotopic (exact) mass is 318 g/mol. The maximum absolute atomic E-state index is 12.0. The van der Waals surface area contributed by atoms with E-state index in [1.54, 1.807) is 56.5 Å². The molecule has 0 aliphatic rings. The number of hydrogen-bond acceptors (Lipinski definition) is 4. The molecule has 0 atom stereocenters. The van der Waals surface area contributed by atoms with Gasteiger partial charge in [-0.05, 0) is 43.3 Å². The predicted octanol–water partition coefficient (Wildman–Crippen LogP) is 3.21. The molecule has 0 aliphatic carbocycles. The zero-order valence-electron chi connectivity index (χ0n) is 12.1. The number of amides is 1. The molecule has 0 saturated heterocycles. The number of halogens is 1. The van der Waals surface area contributed by atoms with Gasteiger partial charge in [-0.15, -0.1) is 0 Å². The van der Waals surface area contributed by atoms with Crippen molar-refractivity contribution in [3.8, 4) is 11.5 Å². The Balaban J connectivity index is 2.12. The Kier molecular flexibility index (Phi) is 5.01. The lowest BCUT2D eigenvalue weighted by Crippen LogP contribution is -2.19. The normalized spacial score (nSPS) is 11.1. The van der Waals surface area contributed by atoms with E-state index < -0.39 is 0 Å². The van der Waals surface area contributed by atoms with Gasteiger partial charge in [0.1, 0.15) is 11.5 Å². The second kappa shape index (κ2) is 6.95. The van der Waals surface area contributed by atoms with Crippen molar-refractivity contribution in [2.45, 2.75) is 6.92 Å². The van der Waals surface area contributed by atoms with E-state index in [2.05, 4.69) is 10.5 Å². The fourth-order valence-electron chi connectivity index (χ4n) is 1.81. The third-order valence-corrected chi connectivity index (χ3v) is 3.36. The molecule has 0 spiro atoms. The summed E-state index contributed by atoms with van der Waals surface area (Å²) in [5, 5.41) is 14.1. The quantitative estimate of drug-likeness (QED) is 0.671. The number of nitrogens with zero attached hydrogens (tertiary/aromatic N) is 1. The molecule has 2 aromatic carbocycles. The maximum Gasteiger partial charge on any atom is 0.271 e. The van der Waals surface area contributed by atoms with Crippen LogP contribution in [0.4, 0.5) is 0 Å². The molecule has 22 heavy (non-hydrogen) atoms. The van der Waals surface area contributed by atoms with Crippen LogP contribution in [-0.4, -0.2) is 23.8 Å².